The van der Waals surface area contributed by atoms with Gasteiger partial charge in [-0.25, -0.2) is 15.2 Å². The first-order valence-corrected chi connectivity index (χ1v) is 5.60. The third-order valence-electron chi connectivity index (χ3n) is 2.46. The fraction of sp³-hybridized carbons (Fsp3) is 0.0833. The monoisotopic (exact) mass is 278 g/mol. The fourth-order valence-electron chi connectivity index (χ4n) is 1.57. The van der Waals surface area contributed by atoms with Gasteiger partial charge in [0.05, 0.1) is 10.6 Å². The van der Waals surface area contributed by atoms with Gasteiger partial charge in [-0.05, 0) is 18.2 Å². The number of rotatable bonds is 5. The van der Waals surface area contributed by atoms with Crippen molar-refractivity contribution in [2.24, 2.45) is 5.84 Å². The van der Waals surface area contributed by atoms with Crippen molar-refractivity contribution in [3.63, 3.8) is 0 Å². The van der Waals surface area contributed by atoms with Crippen LogP contribution in [0.1, 0.15) is 5.69 Å². The summed E-state index contributed by atoms with van der Waals surface area (Å²) in [6.07, 6.45) is 0. The number of aromatic nitrogens is 1. The van der Waals surface area contributed by atoms with E-state index in [2.05, 4.69) is 10.4 Å². The molecule has 1 aromatic heterocycles. The van der Waals surface area contributed by atoms with Crippen LogP contribution in [-0.2, 0) is 6.61 Å². The number of ether oxygens (including phenoxy) is 1. The number of nitrogens with two attached hydrogens (primary N) is 1. The molecule has 7 nitrogen and oxygen atoms in total. The zero-order chi connectivity index (χ0) is 14.5. The second-order valence-electron chi connectivity index (χ2n) is 3.79. The summed E-state index contributed by atoms with van der Waals surface area (Å²) in [5.41, 5.74) is 2.38. The summed E-state index contributed by atoms with van der Waals surface area (Å²) >= 11 is 0. The van der Waals surface area contributed by atoms with Gasteiger partial charge in [-0.15, -0.1) is 0 Å². The minimum Gasteiger partial charge on any atom is -0.478 e. The molecular weight excluding hydrogens is 267 g/mol. The van der Waals surface area contributed by atoms with Gasteiger partial charge in [0.2, 0.25) is 5.75 Å². The first-order chi connectivity index (χ1) is 9.61. The SMILES string of the molecule is NNc1cccc(COc2c(F)cccc2[N+](=O)[O-])n1. The van der Waals surface area contributed by atoms with Gasteiger partial charge in [0.15, 0.2) is 5.82 Å². The lowest BCUT2D eigenvalue weighted by Gasteiger charge is -2.08. The van der Waals surface area contributed by atoms with Crippen molar-refractivity contribution in [1.29, 1.82) is 0 Å². The summed E-state index contributed by atoms with van der Waals surface area (Å²) in [4.78, 5) is 14.2. The number of nitrogens with zero attached hydrogens (tertiary/aromatic N) is 2. The number of nitrogen functional groups attached to an aromatic ring is 1. The average Bonchev–Trinajstić information content (AvgIpc) is 2.45. The molecule has 0 saturated heterocycles. The van der Waals surface area contributed by atoms with E-state index in [0.29, 0.717) is 11.5 Å². The summed E-state index contributed by atoms with van der Waals surface area (Å²) in [5.74, 6) is 4.41. The van der Waals surface area contributed by atoms with Gasteiger partial charge in [0, 0.05) is 6.07 Å². The zero-order valence-electron chi connectivity index (χ0n) is 10.2. The van der Waals surface area contributed by atoms with Crippen molar-refractivity contribution < 1.29 is 14.1 Å². The maximum Gasteiger partial charge on any atom is 0.314 e. The molecule has 0 spiro atoms. The lowest BCUT2D eigenvalue weighted by atomic mass is 10.3. The molecule has 0 saturated carbocycles. The third-order valence-corrected chi connectivity index (χ3v) is 2.46. The molecule has 0 unspecified atom stereocenters. The molecule has 104 valence electrons. The topological polar surface area (TPSA) is 103 Å². The number of hydrogen-bond donors (Lipinski definition) is 2. The van der Waals surface area contributed by atoms with Crippen molar-refractivity contribution >= 4 is 11.5 Å². The second kappa shape index (κ2) is 5.93. The standard InChI is InChI=1S/C12H11FN4O3/c13-9-4-2-5-10(17(18)19)12(9)20-7-8-3-1-6-11(15-8)16-14/h1-6H,7,14H2,(H,15,16). The van der Waals surface area contributed by atoms with Crippen LogP contribution >= 0.6 is 0 Å². The van der Waals surface area contributed by atoms with Crippen LogP contribution in [0.25, 0.3) is 0 Å². The average molecular weight is 278 g/mol. The third kappa shape index (κ3) is 2.98. The Balaban J connectivity index is 2.20. The van der Waals surface area contributed by atoms with Crippen molar-refractivity contribution in [3.8, 4) is 5.75 Å². The maximum absolute atomic E-state index is 13.6. The fourth-order valence-corrected chi connectivity index (χ4v) is 1.57. The summed E-state index contributed by atoms with van der Waals surface area (Å²) in [6, 6.07) is 8.45. The Hall–Kier alpha value is -2.74. The zero-order valence-corrected chi connectivity index (χ0v) is 10.2. The number of pyridine rings is 1. The molecular formula is C12H11FN4O3. The van der Waals surface area contributed by atoms with Crippen molar-refractivity contribution in [2.75, 3.05) is 5.43 Å². The molecule has 0 radical (unpaired) electrons. The summed E-state index contributed by atoms with van der Waals surface area (Å²) in [6.45, 7) is -0.114. The quantitative estimate of drug-likeness (QED) is 0.492. The van der Waals surface area contributed by atoms with Gasteiger partial charge in [-0.1, -0.05) is 12.1 Å². The van der Waals surface area contributed by atoms with E-state index in [1.807, 2.05) is 0 Å². The number of halogens is 1. The van der Waals surface area contributed by atoms with E-state index in [-0.39, 0.29) is 6.61 Å². The van der Waals surface area contributed by atoms with E-state index in [4.69, 9.17) is 10.6 Å². The largest absolute Gasteiger partial charge is 0.478 e. The number of benzene rings is 1. The number of nitrogens with one attached hydrogen (secondary N) is 1. The molecule has 8 heteroatoms. The molecule has 20 heavy (non-hydrogen) atoms. The molecule has 3 N–H and O–H groups in total. The van der Waals surface area contributed by atoms with E-state index < -0.39 is 22.2 Å². The highest BCUT2D eigenvalue weighted by molar-refractivity contribution is 5.47. The molecule has 0 bridgehead atoms. The maximum atomic E-state index is 13.6. The van der Waals surface area contributed by atoms with Crippen LogP contribution in [-0.4, -0.2) is 9.91 Å². The Morgan fingerprint density at radius 3 is 2.80 bits per heavy atom. The molecule has 0 aliphatic rings. The van der Waals surface area contributed by atoms with Crippen molar-refractivity contribution in [3.05, 3.63) is 58.0 Å². The van der Waals surface area contributed by atoms with Crippen molar-refractivity contribution in [2.45, 2.75) is 6.61 Å². The first-order valence-electron chi connectivity index (χ1n) is 5.60. The molecule has 1 heterocycles. The van der Waals surface area contributed by atoms with Crippen LogP contribution in [0.5, 0.6) is 5.75 Å². The molecule has 2 aromatic rings. The molecule has 0 atom stereocenters. The molecule has 0 aliphatic heterocycles. The number of nitro benzene ring substituents is 1. The highest BCUT2D eigenvalue weighted by Crippen LogP contribution is 2.30. The highest BCUT2D eigenvalue weighted by Gasteiger charge is 2.19. The number of nitro groups is 1. The van der Waals surface area contributed by atoms with Crippen LogP contribution in [0.3, 0.4) is 0 Å². The Labute approximate surface area is 113 Å². The molecule has 0 aliphatic carbocycles. The van der Waals surface area contributed by atoms with Gasteiger partial charge < -0.3 is 10.2 Å². The van der Waals surface area contributed by atoms with Crippen LogP contribution in [0.15, 0.2) is 36.4 Å². The lowest BCUT2D eigenvalue weighted by molar-refractivity contribution is -0.386. The van der Waals surface area contributed by atoms with Crippen molar-refractivity contribution in [1.82, 2.24) is 4.98 Å². The summed E-state index contributed by atoms with van der Waals surface area (Å²) in [7, 11) is 0. The molecule has 0 fully saturated rings. The van der Waals surface area contributed by atoms with Gasteiger partial charge in [-0.3, -0.25) is 10.1 Å². The van der Waals surface area contributed by atoms with E-state index >= 15 is 0 Å². The number of hydrazine groups is 1. The van der Waals surface area contributed by atoms with E-state index in [1.165, 1.54) is 12.1 Å². The highest BCUT2D eigenvalue weighted by atomic mass is 19.1. The Kier molecular flexibility index (Phi) is 4.06. The second-order valence-corrected chi connectivity index (χ2v) is 3.79. The Morgan fingerprint density at radius 1 is 1.35 bits per heavy atom. The predicted molar refractivity (Wildman–Crippen MR) is 69.4 cm³/mol. The van der Waals surface area contributed by atoms with E-state index in [9.17, 15) is 14.5 Å². The minimum atomic E-state index is -0.799. The molecule has 0 amide bonds. The normalized spacial score (nSPS) is 10.1. The minimum absolute atomic E-state index is 0.114. The van der Waals surface area contributed by atoms with Crippen LogP contribution < -0.4 is 16.0 Å². The molecule has 1 aromatic carbocycles. The summed E-state index contributed by atoms with van der Waals surface area (Å²) < 4.78 is 18.7. The predicted octanol–water partition coefficient (Wildman–Crippen LogP) is 1.99. The molecule has 2 rings (SSSR count). The smallest absolute Gasteiger partial charge is 0.314 e. The van der Waals surface area contributed by atoms with Crippen LogP contribution in [0, 0.1) is 15.9 Å². The van der Waals surface area contributed by atoms with Gasteiger partial charge in [0.1, 0.15) is 12.4 Å². The van der Waals surface area contributed by atoms with Gasteiger partial charge >= 0.3 is 5.69 Å². The van der Waals surface area contributed by atoms with Crippen LogP contribution in [0.2, 0.25) is 0 Å². The summed E-state index contributed by atoms with van der Waals surface area (Å²) in [5, 5.41) is 10.8. The number of para-hydroxylation sites is 1. The first kappa shape index (κ1) is 13.7. The number of anilines is 1. The van der Waals surface area contributed by atoms with E-state index in [1.54, 1.807) is 18.2 Å². The Morgan fingerprint density at radius 2 is 2.10 bits per heavy atom. The Bertz CT molecular complexity index is 636. The lowest BCUT2D eigenvalue weighted by Crippen LogP contribution is -2.10. The van der Waals surface area contributed by atoms with Gasteiger partial charge in [-0.2, -0.15) is 0 Å². The van der Waals surface area contributed by atoms with Crippen LogP contribution in [0.4, 0.5) is 15.9 Å². The number of hydrogen-bond acceptors (Lipinski definition) is 6. The van der Waals surface area contributed by atoms with Gasteiger partial charge in [0.25, 0.3) is 0 Å². The van der Waals surface area contributed by atoms with E-state index in [0.717, 1.165) is 6.07 Å².